The number of aliphatic hydroxyl groups excluding tert-OH is 1. The molecular weight excluding hydrogens is 300 g/mol. The number of hydrogen-bond acceptors (Lipinski definition) is 3. The van der Waals surface area contributed by atoms with Crippen molar-refractivity contribution in [3.8, 4) is 0 Å². The van der Waals surface area contributed by atoms with Gasteiger partial charge in [0.15, 0.2) is 0 Å². The van der Waals surface area contributed by atoms with E-state index < -0.39 is 10.8 Å². The van der Waals surface area contributed by atoms with E-state index in [2.05, 4.69) is 10.6 Å². The summed E-state index contributed by atoms with van der Waals surface area (Å²) in [5.41, 5.74) is 0.676. The van der Waals surface area contributed by atoms with E-state index in [1.54, 1.807) is 30.5 Å². The number of fused-ring (bicyclic) bond motifs is 2. The zero-order valence-electron chi connectivity index (χ0n) is 12.6. The third kappa shape index (κ3) is 3.03. The zero-order valence-corrected chi connectivity index (χ0v) is 13.4. The second-order valence-electron chi connectivity index (χ2n) is 6.28. The lowest BCUT2D eigenvalue weighted by molar-refractivity contribution is 0.146. The molecule has 1 aromatic rings. The molecule has 5 atom stereocenters. The quantitative estimate of drug-likeness (QED) is 0.793. The average molecular weight is 322 g/mol. The highest BCUT2D eigenvalue weighted by molar-refractivity contribution is 7.84. The molecule has 2 bridgehead atoms. The molecule has 0 aromatic heterocycles. The van der Waals surface area contributed by atoms with Crippen molar-refractivity contribution in [3.05, 3.63) is 24.3 Å². The second-order valence-corrected chi connectivity index (χ2v) is 7.66. The summed E-state index contributed by atoms with van der Waals surface area (Å²) in [6.07, 6.45) is 5.06. The summed E-state index contributed by atoms with van der Waals surface area (Å²) in [5.74, 6) is 1.24. The van der Waals surface area contributed by atoms with Crippen LogP contribution in [0.3, 0.4) is 0 Å². The average Bonchev–Trinajstić information content (AvgIpc) is 3.08. The fourth-order valence-electron chi connectivity index (χ4n) is 3.95. The van der Waals surface area contributed by atoms with Gasteiger partial charge in [0.1, 0.15) is 0 Å². The van der Waals surface area contributed by atoms with Gasteiger partial charge in [-0.15, -0.1) is 0 Å². The normalized spacial score (nSPS) is 31.0. The Hall–Kier alpha value is -1.40. The van der Waals surface area contributed by atoms with Crippen molar-refractivity contribution >= 4 is 22.5 Å². The highest BCUT2D eigenvalue weighted by Crippen LogP contribution is 2.48. The molecule has 0 heterocycles. The van der Waals surface area contributed by atoms with E-state index in [4.69, 9.17) is 0 Å². The monoisotopic (exact) mass is 322 g/mol. The van der Waals surface area contributed by atoms with Crippen LogP contribution in [0.4, 0.5) is 10.5 Å². The minimum atomic E-state index is -1.02. The lowest BCUT2D eigenvalue weighted by Gasteiger charge is -2.30. The molecule has 120 valence electrons. The summed E-state index contributed by atoms with van der Waals surface area (Å²) in [6, 6.07) is 6.84. The van der Waals surface area contributed by atoms with Crippen LogP contribution in [0, 0.1) is 17.8 Å². The fourth-order valence-corrected chi connectivity index (χ4v) is 4.47. The first-order valence-electron chi connectivity index (χ1n) is 7.70. The summed E-state index contributed by atoms with van der Waals surface area (Å²) >= 11 is 0. The van der Waals surface area contributed by atoms with E-state index in [1.165, 1.54) is 6.42 Å². The molecule has 2 aliphatic carbocycles. The van der Waals surface area contributed by atoms with Crippen LogP contribution < -0.4 is 10.6 Å². The molecule has 0 aliphatic heterocycles. The van der Waals surface area contributed by atoms with Crippen LogP contribution in [0.1, 0.15) is 19.3 Å². The van der Waals surface area contributed by atoms with Crippen LogP contribution in [0.5, 0.6) is 0 Å². The number of nitrogens with one attached hydrogen (secondary N) is 2. The molecule has 0 radical (unpaired) electrons. The Kier molecular flexibility index (Phi) is 4.49. The van der Waals surface area contributed by atoms with Crippen molar-refractivity contribution in [1.29, 1.82) is 0 Å². The van der Waals surface area contributed by atoms with Gasteiger partial charge in [0.25, 0.3) is 0 Å². The molecule has 2 aliphatic rings. The summed E-state index contributed by atoms with van der Waals surface area (Å²) in [6.45, 7) is 0.142. The van der Waals surface area contributed by atoms with Crippen molar-refractivity contribution in [2.45, 2.75) is 30.2 Å². The molecule has 2 amide bonds. The standard InChI is InChI=1S/C16H22N2O3S/c1-22(21)13-6-4-12(5-7-13)17-16(20)18-15-11-3-2-10(8-11)14(15)9-19/h4-7,10-11,14-15,19H,2-3,8-9H2,1H3,(H2,17,18,20). The van der Waals surface area contributed by atoms with Crippen molar-refractivity contribution in [1.82, 2.24) is 5.32 Å². The van der Waals surface area contributed by atoms with Gasteiger partial charge in [0.2, 0.25) is 0 Å². The Labute approximate surface area is 132 Å². The number of carbonyl (C=O) groups is 1. The Bertz CT molecular complexity index is 575. The minimum absolute atomic E-state index is 0.0752. The number of carbonyl (C=O) groups excluding carboxylic acids is 1. The fraction of sp³-hybridized carbons (Fsp3) is 0.562. The first kappa shape index (κ1) is 15.5. The second kappa shape index (κ2) is 6.38. The van der Waals surface area contributed by atoms with Gasteiger partial charge in [-0.2, -0.15) is 0 Å². The summed E-state index contributed by atoms with van der Waals surface area (Å²) in [4.78, 5) is 12.9. The van der Waals surface area contributed by atoms with Gasteiger partial charge in [-0.3, -0.25) is 4.21 Å². The molecule has 5 nitrogen and oxygen atoms in total. The maximum absolute atomic E-state index is 12.2. The highest BCUT2D eigenvalue weighted by Gasteiger charge is 2.47. The van der Waals surface area contributed by atoms with Gasteiger partial charge in [0, 0.05) is 46.2 Å². The Morgan fingerprint density at radius 2 is 1.95 bits per heavy atom. The maximum Gasteiger partial charge on any atom is 0.319 e. The van der Waals surface area contributed by atoms with E-state index in [-0.39, 0.29) is 24.6 Å². The number of urea groups is 1. The molecule has 2 fully saturated rings. The van der Waals surface area contributed by atoms with Gasteiger partial charge in [0.05, 0.1) is 0 Å². The van der Waals surface area contributed by atoms with Crippen molar-refractivity contribution in [3.63, 3.8) is 0 Å². The van der Waals surface area contributed by atoms with Crippen LogP contribution >= 0.6 is 0 Å². The smallest absolute Gasteiger partial charge is 0.319 e. The predicted molar refractivity (Wildman–Crippen MR) is 86.1 cm³/mol. The molecule has 2 saturated carbocycles. The number of benzene rings is 1. The Balaban J connectivity index is 1.59. The minimum Gasteiger partial charge on any atom is -0.396 e. The number of rotatable bonds is 4. The first-order chi connectivity index (χ1) is 10.6. The molecule has 22 heavy (non-hydrogen) atoms. The third-order valence-corrected chi connectivity index (χ3v) is 5.98. The lowest BCUT2D eigenvalue weighted by atomic mass is 9.85. The largest absolute Gasteiger partial charge is 0.396 e. The van der Waals surface area contributed by atoms with Gasteiger partial charge in [-0.05, 0) is 55.4 Å². The van der Waals surface area contributed by atoms with Crippen LogP contribution in [-0.4, -0.2) is 34.3 Å². The van der Waals surface area contributed by atoms with Crippen LogP contribution in [0.2, 0.25) is 0 Å². The number of hydrogen-bond donors (Lipinski definition) is 3. The topological polar surface area (TPSA) is 78.4 Å². The van der Waals surface area contributed by atoms with Gasteiger partial charge in [-0.1, -0.05) is 0 Å². The zero-order chi connectivity index (χ0) is 15.7. The molecule has 3 rings (SSSR count). The first-order valence-corrected chi connectivity index (χ1v) is 9.26. The van der Waals surface area contributed by atoms with E-state index in [0.717, 1.165) is 17.7 Å². The molecular formula is C16H22N2O3S. The third-order valence-electron chi connectivity index (χ3n) is 5.04. The van der Waals surface area contributed by atoms with Crippen LogP contribution in [0.15, 0.2) is 29.2 Å². The van der Waals surface area contributed by atoms with Gasteiger partial charge >= 0.3 is 6.03 Å². The van der Waals surface area contributed by atoms with Crippen molar-refractivity contribution in [2.75, 3.05) is 18.2 Å². The number of anilines is 1. The van der Waals surface area contributed by atoms with Crippen molar-refractivity contribution in [2.24, 2.45) is 17.8 Å². The molecule has 1 aromatic carbocycles. The van der Waals surface area contributed by atoms with Gasteiger partial charge in [-0.25, -0.2) is 4.79 Å². The summed E-state index contributed by atoms with van der Waals surface area (Å²) < 4.78 is 11.3. The van der Waals surface area contributed by atoms with Crippen LogP contribution in [-0.2, 0) is 10.8 Å². The van der Waals surface area contributed by atoms with E-state index >= 15 is 0 Å². The SMILES string of the molecule is CS(=O)c1ccc(NC(=O)NC2C3CCC(C3)C2CO)cc1. The lowest BCUT2D eigenvalue weighted by Crippen LogP contribution is -2.46. The molecule has 6 heteroatoms. The molecule has 5 unspecified atom stereocenters. The Morgan fingerprint density at radius 3 is 2.59 bits per heavy atom. The molecule has 0 saturated heterocycles. The molecule has 0 spiro atoms. The van der Waals surface area contributed by atoms with E-state index in [9.17, 15) is 14.1 Å². The van der Waals surface area contributed by atoms with Gasteiger partial charge < -0.3 is 15.7 Å². The van der Waals surface area contributed by atoms with Crippen LogP contribution in [0.25, 0.3) is 0 Å². The summed E-state index contributed by atoms with van der Waals surface area (Å²) in [7, 11) is -1.02. The highest BCUT2D eigenvalue weighted by atomic mass is 32.2. The van der Waals surface area contributed by atoms with E-state index in [0.29, 0.717) is 17.5 Å². The predicted octanol–water partition coefficient (Wildman–Crippen LogP) is 1.95. The Morgan fingerprint density at radius 1 is 1.27 bits per heavy atom. The maximum atomic E-state index is 12.2. The molecule has 3 N–H and O–H groups in total. The number of aliphatic hydroxyl groups is 1. The van der Waals surface area contributed by atoms with E-state index in [1.807, 2.05) is 0 Å². The summed E-state index contributed by atoms with van der Waals surface area (Å²) in [5, 5.41) is 15.4. The van der Waals surface area contributed by atoms with Crippen molar-refractivity contribution < 1.29 is 14.1 Å². The number of amides is 2.